The largest absolute Gasteiger partial charge is 0.459 e. The molecular weight excluding hydrogens is 261 g/mol. The highest BCUT2D eigenvalue weighted by atomic mass is 19.4. The van der Waals surface area contributed by atoms with Gasteiger partial charge in [0.05, 0.1) is 11.0 Å². The number of benzene rings is 1. The number of hydrogen-bond donors (Lipinski definition) is 0. The van der Waals surface area contributed by atoms with E-state index >= 15 is 0 Å². The maximum Gasteiger partial charge on any atom is 0.435 e. The van der Waals surface area contributed by atoms with Crippen molar-refractivity contribution in [3.05, 3.63) is 35.7 Å². The molecule has 0 bridgehead atoms. The van der Waals surface area contributed by atoms with Crippen molar-refractivity contribution < 1.29 is 22.7 Å². The molecule has 0 radical (unpaired) electrons. The van der Waals surface area contributed by atoms with Gasteiger partial charge in [0.15, 0.2) is 5.69 Å². The third kappa shape index (κ3) is 2.98. The Balaban J connectivity index is 2.54. The van der Waals surface area contributed by atoms with Gasteiger partial charge in [0.25, 0.3) is 0 Å². The van der Waals surface area contributed by atoms with Crippen molar-refractivity contribution in [2.24, 2.45) is 0 Å². The van der Waals surface area contributed by atoms with E-state index in [2.05, 4.69) is 14.7 Å². The SMILES string of the molecule is CC(=O)OCc1nc2ccccc2nc1C(F)(F)F. The lowest BCUT2D eigenvalue weighted by Crippen LogP contribution is -2.15. The maximum absolute atomic E-state index is 12.9. The third-order valence-corrected chi connectivity index (χ3v) is 2.32. The summed E-state index contributed by atoms with van der Waals surface area (Å²) in [4.78, 5) is 18.1. The Morgan fingerprint density at radius 1 is 1.21 bits per heavy atom. The van der Waals surface area contributed by atoms with Crippen LogP contribution in [0.2, 0.25) is 0 Å². The van der Waals surface area contributed by atoms with E-state index in [1.54, 1.807) is 18.2 Å². The highest BCUT2D eigenvalue weighted by Gasteiger charge is 2.36. The van der Waals surface area contributed by atoms with Crippen LogP contribution in [0, 0.1) is 0 Å². The summed E-state index contributed by atoms with van der Waals surface area (Å²) >= 11 is 0. The lowest BCUT2D eigenvalue weighted by Gasteiger charge is -2.12. The molecule has 19 heavy (non-hydrogen) atoms. The second-order valence-corrected chi connectivity index (χ2v) is 3.79. The highest BCUT2D eigenvalue weighted by Crippen LogP contribution is 2.31. The summed E-state index contributed by atoms with van der Waals surface area (Å²) in [5.74, 6) is -0.678. The van der Waals surface area contributed by atoms with E-state index in [-0.39, 0.29) is 5.52 Å². The van der Waals surface area contributed by atoms with Crippen LogP contribution in [0.3, 0.4) is 0 Å². The molecule has 0 unspecified atom stereocenters. The van der Waals surface area contributed by atoms with Gasteiger partial charge in [-0.2, -0.15) is 13.2 Å². The van der Waals surface area contributed by atoms with Gasteiger partial charge in [0.2, 0.25) is 0 Å². The van der Waals surface area contributed by atoms with Gasteiger partial charge < -0.3 is 4.74 Å². The Bertz CT molecular complexity index is 626. The minimum Gasteiger partial charge on any atom is -0.459 e. The smallest absolute Gasteiger partial charge is 0.435 e. The molecule has 2 aromatic rings. The van der Waals surface area contributed by atoms with E-state index in [4.69, 9.17) is 0 Å². The molecule has 2 rings (SSSR count). The Hall–Kier alpha value is -2.18. The maximum atomic E-state index is 12.9. The van der Waals surface area contributed by atoms with Crippen molar-refractivity contribution in [1.29, 1.82) is 0 Å². The number of alkyl halides is 3. The number of ether oxygens (including phenoxy) is 1. The number of carbonyl (C=O) groups excluding carboxylic acids is 1. The van der Waals surface area contributed by atoms with E-state index in [9.17, 15) is 18.0 Å². The zero-order valence-electron chi connectivity index (χ0n) is 9.86. The molecule has 1 aromatic carbocycles. The Morgan fingerprint density at radius 3 is 2.32 bits per heavy atom. The average Bonchev–Trinajstić information content (AvgIpc) is 2.34. The van der Waals surface area contributed by atoms with E-state index in [1.807, 2.05) is 0 Å². The van der Waals surface area contributed by atoms with Gasteiger partial charge in [0.1, 0.15) is 12.3 Å². The lowest BCUT2D eigenvalue weighted by atomic mass is 10.2. The molecule has 0 saturated heterocycles. The number of halogens is 3. The molecule has 7 heteroatoms. The topological polar surface area (TPSA) is 52.1 Å². The van der Waals surface area contributed by atoms with Crippen LogP contribution < -0.4 is 0 Å². The minimum absolute atomic E-state index is 0.140. The number of fused-ring (bicyclic) bond motifs is 1. The highest BCUT2D eigenvalue weighted by molar-refractivity contribution is 5.74. The summed E-state index contributed by atoms with van der Waals surface area (Å²) in [5, 5.41) is 0. The molecule has 0 N–H and O–H groups in total. The molecule has 0 amide bonds. The Morgan fingerprint density at radius 2 is 1.79 bits per heavy atom. The zero-order valence-corrected chi connectivity index (χ0v) is 9.86. The first kappa shape index (κ1) is 13.3. The van der Waals surface area contributed by atoms with Crippen molar-refractivity contribution in [1.82, 2.24) is 9.97 Å². The molecule has 0 aliphatic carbocycles. The molecule has 4 nitrogen and oxygen atoms in total. The molecule has 1 heterocycles. The van der Waals surface area contributed by atoms with Crippen LogP contribution in [-0.2, 0) is 22.3 Å². The van der Waals surface area contributed by atoms with Gasteiger partial charge in [-0.1, -0.05) is 12.1 Å². The van der Waals surface area contributed by atoms with Gasteiger partial charge in [-0.25, -0.2) is 9.97 Å². The van der Waals surface area contributed by atoms with Crippen molar-refractivity contribution in [2.75, 3.05) is 0 Å². The first-order valence-electron chi connectivity index (χ1n) is 5.34. The van der Waals surface area contributed by atoms with Crippen LogP contribution in [0.4, 0.5) is 13.2 Å². The molecular formula is C12H9F3N2O2. The standard InChI is InChI=1S/C12H9F3N2O2/c1-7(18)19-6-10-11(12(13,14)15)17-9-5-3-2-4-8(9)16-10/h2-5H,6H2,1H3. The number of rotatable bonds is 2. The van der Waals surface area contributed by atoms with Crippen molar-refractivity contribution in [3.8, 4) is 0 Å². The fourth-order valence-electron chi connectivity index (χ4n) is 1.53. The molecule has 0 aliphatic rings. The van der Waals surface area contributed by atoms with Crippen LogP contribution in [0.25, 0.3) is 11.0 Å². The second kappa shape index (κ2) is 4.83. The number of esters is 1. The van der Waals surface area contributed by atoms with E-state index in [0.29, 0.717) is 5.52 Å². The monoisotopic (exact) mass is 270 g/mol. The molecule has 0 saturated carbocycles. The molecule has 0 fully saturated rings. The van der Waals surface area contributed by atoms with Gasteiger partial charge in [-0.05, 0) is 12.1 Å². The van der Waals surface area contributed by atoms with Crippen LogP contribution >= 0.6 is 0 Å². The van der Waals surface area contributed by atoms with E-state index in [0.717, 1.165) is 6.92 Å². The Kier molecular flexibility index (Phi) is 3.37. The van der Waals surface area contributed by atoms with Crippen LogP contribution in [0.5, 0.6) is 0 Å². The number of carbonyl (C=O) groups is 1. The quantitative estimate of drug-likeness (QED) is 0.787. The molecule has 0 aliphatic heterocycles. The van der Waals surface area contributed by atoms with E-state index < -0.39 is 30.1 Å². The number of para-hydroxylation sites is 2. The lowest BCUT2D eigenvalue weighted by molar-refractivity contribution is -0.147. The summed E-state index contributed by atoms with van der Waals surface area (Å²) in [6, 6.07) is 6.19. The van der Waals surface area contributed by atoms with Crippen LogP contribution in [0.1, 0.15) is 18.3 Å². The fourth-order valence-corrected chi connectivity index (χ4v) is 1.53. The van der Waals surface area contributed by atoms with Crippen LogP contribution in [0.15, 0.2) is 24.3 Å². The summed E-state index contributed by atoms with van der Waals surface area (Å²) in [6.45, 7) is 0.559. The predicted molar refractivity (Wildman–Crippen MR) is 60.0 cm³/mol. The first-order chi connectivity index (χ1) is 8.88. The molecule has 0 atom stereocenters. The predicted octanol–water partition coefficient (Wildman–Crippen LogP) is 2.71. The average molecular weight is 270 g/mol. The number of nitrogens with zero attached hydrogens (tertiary/aromatic N) is 2. The second-order valence-electron chi connectivity index (χ2n) is 3.79. The Labute approximate surface area is 106 Å². The zero-order chi connectivity index (χ0) is 14.0. The van der Waals surface area contributed by atoms with Gasteiger partial charge in [-0.3, -0.25) is 4.79 Å². The number of hydrogen-bond acceptors (Lipinski definition) is 4. The van der Waals surface area contributed by atoms with Gasteiger partial charge >= 0.3 is 12.1 Å². The van der Waals surface area contributed by atoms with E-state index in [1.165, 1.54) is 6.07 Å². The molecule has 0 spiro atoms. The summed E-state index contributed by atoms with van der Waals surface area (Å²) in [6.07, 6.45) is -4.65. The normalized spacial score (nSPS) is 11.6. The summed E-state index contributed by atoms with van der Waals surface area (Å²) in [5.41, 5.74) is -1.08. The third-order valence-electron chi connectivity index (χ3n) is 2.32. The van der Waals surface area contributed by atoms with Gasteiger partial charge in [0, 0.05) is 6.92 Å². The number of aromatic nitrogens is 2. The van der Waals surface area contributed by atoms with Crippen LogP contribution in [-0.4, -0.2) is 15.9 Å². The first-order valence-corrected chi connectivity index (χ1v) is 5.34. The van der Waals surface area contributed by atoms with Gasteiger partial charge in [-0.15, -0.1) is 0 Å². The minimum atomic E-state index is -4.65. The summed E-state index contributed by atoms with van der Waals surface area (Å²) < 4.78 is 43.1. The summed E-state index contributed by atoms with van der Waals surface area (Å²) in [7, 11) is 0. The molecule has 100 valence electrons. The fraction of sp³-hybridized carbons (Fsp3) is 0.250. The van der Waals surface area contributed by atoms with Crippen molar-refractivity contribution >= 4 is 17.0 Å². The van der Waals surface area contributed by atoms with Crippen molar-refractivity contribution in [2.45, 2.75) is 19.7 Å². The van der Waals surface area contributed by atoms with Crippen molar-refractivity contribution in [3.63, 3.8) is 0 Å². The molecule has 1 aromatic heterocycles.